The van der Waals surface area contributed by atoms with E-state index in [9.17, 15) is 14.0 Å². The number of hydrogen-bond acceptors (Lipinski definition) is 5. The van der Waals surface area contributed by atoms with E-state index in [1.165, 1.54) is 44.4 Å². The fourth-order valence-corrected chi connectivity index (χ4v) is 2.35. The highest BCUT2D eigenvalue weighted by Crippen LogP contribution is 2.29. The van der Waals surface area contributed by atoms with E-state index in [-0.39, 0.29) is 6.10 Å². The molecule has 0 radical (unpaired) electrons. The topological polar surface area (TPSA) is 73.9 Å². The second-order valence-corrected chi connectivity index (χ2v) is 6.49. The standard InChI is InChI=1S/C22H24FNO5/c1-14(2)28-19-11-5-16(13-20(19)27-4)6-12-21(25)29-15(3)22(26)24-18-9-7-17(23)8-10-18/h5-15H,1-4H3,(H,24,26)/b12-6+/t15-/m1/s1. The van der Waals surface area contributed by atoms with Crippen LogP contribution in [0.25, 0.3) is 6.08 Å². The summed E-state index contributed by atoms with van der Waals surface area (Å²) in [5.74, 6) is -0.453. The SMILES string of the molecule is COc1cc(/C=C/C(=O)O[C@H](C)C(=O)Nc2ccc(F)cc2)ccc1OC(C)C. The zero-order valence-electron chi connectivity index (χ0n) is 16.8. The summed E-state index contributed by atoms with van der Waals surface area (Å²) in [6, 6.07) is 10.5. The number of benzene rings is 2. The third-order valence-corrected chi connectivity index (χ3v) is 3.74. The lowest BCUT2D eigenvalue weighted by Gasteiger charge is -2.14. The third-order valence-electron chi connectivity index (χ3n) is 3.74. The van der Waals surface area contributed by atoms with Crippen LogP contribution >= 0.6 is 0 Å². The molecule has 0 aliphatic heterocycles. The van der Waals surface area contributed by atoms with Gasteiger partial charge in [-0.25, -0.2) is 9.18 Å². The Hall–Kier alpha value is -3.35. The molecule has 0 fully saturated rings. The molecular formula is C22H24FNO5. The first-order chi connectivity index (χ1) is 13.8. The molecule has 1 N–H and O–H groups in total. The van der Waals surface area contributed by atoms with Crippen LogP contribution in [0.5, 0.6) is 11.5 Å². The number of anilines is 1. The van der Waals surface area contributed by atoms with Gasteiger partial charge in [-0.15, -0.1) is 0 Å². The lowest BCUT2D eigenvalue weighted by molar-refractivity contribution is -0.148. The second kappa shape index (κ2) is 10.3. The highest BCUT2D eigenvalue weighted by atomic mass is 19.1. The van der Waals surface area contributed by atoms with Gasteiger partial charge in [0.15, 0.2) is 17.6 Å². The largest absolute Gasteiger partial charge is 0.493 e. The van der Waals surface area contributed by atoms with Crippen LogP contribution in [-0.4, -0.2) is 31.2 Å². The van der Waals surface area contributed by atoms with Crippen LogP contribution in [0.15, 0.2) is 48.5 Å². The van der Waals surface area contributed by atoms with E-state index < -0.39 is 23.8 Å². The minimum absolute atomic E-state index is 0.00261. The van der Waals surface area contributed by atoms with Gasteiger partial charge in [-0.3, -0.25) is 4.79 Å². The summed E-state index contributed by atoms with van der Waals surface area (Å²) in [4.78, 5) is 24.1. The summed E-state index contributed by atoms with van der Waals surface area (Å²) in [5.41, 5.74) is 1.11. The van der Waals surface area contributed by atoms with Crippen molar-refractivity contribution in [3.8, 4) is 11.5 Å². The number of methoxy groups -OCH3 is 1. The Labute approximate surface area is 169 Å². The molecule has 0 aromatic heterocycles. The van der Waals surface area contributed by atoms with E-state index in [2.05, 4.69) is 5.32 Å². The maximum absolute atomic E-state index is 12.9. The number of halogens is 1. The van der Waals surface area contributed by atoms with Gasteiger partial charge in [0.1, 0.15) is 5.82 Å². The van der Waals surface area contributed by atoms with Gasteiger partial charge in [-0.2, -0.15) is 0 Å². The average Bonchev–Trinajstić information content (AvgIpc) is 2.68. The predicted molar refractivity (Wildman–Crippen MR) is 108 cm³/mol. The van der Waals surface area contributed by atoms with E-state index in [0.29, 0.717) is 22.7 Å². The van der Waals surface area contributed by atoms with Crippen molar-refractivity contribution in [2.75, 3.05) is 12.4 Å². The minimum atomic E-state index is -1.02. The Bertz CT molecular complexity index is 877. The second-order valence-electron chi connectivity index (χ2n) is 6.49. The van der Waals surface area contributed by atoms with Crippen molar-refractivity contribution in [1.82, 2.24) is 0 Å². The number of hydrogen-bond donors (Lipinski definition) is 1. The Morgan fingerprint density at radius 3 is 2.34 bits per heavy atom. The van der Waals surface area contributed by atoms with Gasteiger partial charge in [0.05, 0.1) is 13.2 Å². The molecule has 0 spiro atoms. The number of nitrogens with one attached hydrogen (secondary N) is 1. The fourth-order valence-electron chi connectivity index (χ4n) is 2.35. The minimum Gasteiger partial charge on any atom is -0.493 e. The molecule has 2 rings (SSSR count). The van der Waals surface area contributed by atoms with Gasteiger partial charge in [-0.05, 0) is 68.8 Å². The Balaban J connectivity index is 1.94. The maximum atomic E-state index is 12.9. The predicted octanol–water partition coefficient (Wildman–Crippen LogP) is 4.21. The highest BCUT2D eigenvalue weighted by Gasteiger charge is 2.16. The van der Waals surface area contributed by atoms with Gasteiger partial charge in [0.25, 0.3) is 5.91 Å². The summed E-state index contributed by atoms with van der Waals surface area (Å²) in [6.45, 7) is 5.28. The van der Waals surface area contributed by atoms with Crippen molar-refractivity contribution in [2.24, 2.45) is 0 Å². The van der Waals surface area contributed by atoms with Crippen LogP contribution in [0.4, 0.5) is 10.1 Å². The molecule has 29 heavy (non-hydrogen) atoms. The lowest BCUT2D eigenvalue weighted by Crippen LogP contribution is -2.29. The van der Waals surface area contributed by atoms with Gasteiger partial charge in [-0.1, -0.05) is 6.07 Å². The summed E-state index contributed by atoms with van der Waals surface area (Å²) >= 11 is 0. The number of ether oxygens (including phenoxy) is 3. The molecule has 1 amide bonds. The number of carbonyl (C=O) groups excluding carboxylic acids is 2. The molecule has 0 bridgehead atoms. The van der Waals surface area contributed by atoms with E-state index in [0.717, 1.165) is 0 Å². The normalized spacial score (nSPS) is 11.9. The van der Waals surface area contributed by atoms with Crippen LogP contribution < -0.4 is 14.8 Å². The molecule has 1 atom stereocenters. The van der Waals surface area contributed by atoms with Crippen LogP contribution in [0.3, 0.4) is 0 Å². The molecule has 7 heteroatoms. The van der Waals surface area contributed by atoms with Gasteiger partial charge < -0.3 is 19.5 Å². The Morgan fingerprint density at radius 1 is 1.03 bits per heavy atom. The molecule has 0 heterocycles. The first kappa shape index (κ1) is 21.9. The van der Waals surface area contributed by atoms with Gasteiger partial charge >= 0.3 is 5.97 Å². The molecule has 0 aliphatic rings. The molecular weight excluding hydrogens is 377 g/mol. The molecule has 0 unspecified atom stereocenters. The highest BCUT2D eigenvalue weighted by molar-refractivity contribution is 5.96. The van der Waals surface area contributed by atoms with E-state index in [1.54, 1.807) is 24.3 Å². The number of rotatable bonds is 8. The van der Waals surface area contributed by atoms with Crippen LogP contribution in [0.2, 0.25) is 0 Å². The third kappa shape index (κ3) is 6.95. The summed E-state index contributed by atoms with van der Waals surface area (Å²) in [7, 11) is 1.53. The average molecular weight is 401 g/mol. The van der Waals surface area contributed by atoms with Crippen molar-refractivity contribution in [2.45, 2.75) is 33.0 Å². The Kier molecular flexibility index (Phi) is 7.77. The number of carbonyl (C=O) groups is 2. The smallest absolute Gasteiger partial charge is 0.331 e. The molecule has 2 aromatic carbocycles. The van der Waals surface area contributed by atoms with E-state index >= 15 is 0 Å². The van der Waals surface area contributed by atoms with Crippen molar-refractivity contribution in [1.29, 1.82) is 0 Å². The molecule has 0 saturated heterocycles. The van der Waals surface area contributed by atoms with Gasteiger partial charge in [0.2, 0.25) is 0 Å². The summed E-state index contributed by atoms with van der Waals surface area (Å²) in [5, 5.41) is 2.55. The van der Waals surface area contributed by atoms with Crippen molar-refractivity contribution in [3.63, 3.8) is 0 Å². The molecule has 6 nitrogen and oxygen atoms in total. The van der Waals surface area contributed by atoms with E-state index in [1.807, 2.05) is 13.8 Å². The van der Waals surface area contributed by atoms with Crippen LogP contribution in [0.1, 0.15) is 26.3 Å². The quantitative estimate of drug-likeness (QED) is 0.530. The molecule has 0 aliphatic carbocycles. The van der Waals surface area contributed by atoms with Gasteiger partial charge in [0, 0.05) is 11.8 Å². The monoisotopic (exact) mass is 401 g/mol. The van der Waals surface area contributed by atoms with Crippen molar-refractivity contribution < 1.29 is 28.2 Å². The first-order valence-corrected chi connectivity index (χ1v) is 9.08. The maximum Gasteiger partial charge on any atom is 0.331 e. The molecule has 0 saturated carbocycles. The molecule has 154 valence electrons. The van der Waals surface area contributed by atoms with Crippen LogP contribution in [-0.2, 0) is 14.3 Å². The van der Waals surface area contributed by atoms with Crippen molar-refractivity contribution >= 4 is 23.6 Å². The van der Waals surface area contributed by atoms with Crippen LogP contribution in [0, 0.1) is 5.82 Å². The zero-order valence-corrected chi connectivity index (χ0v) is 16.8. The lowest BCUT2D eigenvalue weighted by atomic mass is 10.2. The first-order valence-electron chi connectivity index (χ1n) is 9.08. The van der Waals surface area contributed by atoms with E-state index in [4.69, 9.17) is 14.2 Å². The number of amides is 1. The fraction of sp³-hybridized carbons (Fsp3) is 0.273. The number of esters is 1. The summed E-state index contributed by atoms with van der Waals surface area (Å²) < 4.78 is 28.9. The van der Waals surface area contributed by atoms with Crippen molar-refractivity contribution in [3.05, 3.63) is 59.9 Å². The zero-order chi connectivity index (χ0) is 21.4. The summed E-state index contributed by atoms with van der Waals surface area (Å²) in [6.07, 6.45) is 1.75. The molecule has 2 aromatic rings. The Morgan fingerprint density at radius 2 is 1.72 bits per heavy atom.